The first-order valence-corrected chi connectivity index (χ1v) is 12.6. The van der Waals surface area contributed by atoms with Gasteiger partial charge in [-0.2, -0.15) is 13.2 Å². The number of nitrogens with one attached hydrogen (secondary N) is 1. The number of aryl methyl sites for hydroxylation is 1. The number of hydrogen-bond donors (Lipinski definition) is 1. The van der Waals surface area contributed by atoms with Gasteiger partial charge in [-0.1, -0.05) is 25.4 Å². The molecule has 11 heteroatoms. The van der Waals surface area contributed by atoms with E-state index in [0.29, 0.717) is 10.4 Å². The molecule has 0 aliphatic rings. The van der Waals surface area contributed by atoms with E-state index in [0.717, 1.165) is 40.8 Å². The zero-order valence-electron chi connectivity index (χ0n) is 19.7. The molecule has 2 aromatic carbocycles. The van der Waals surface area contributed by atoms with Crippen LogP contribution >= 0.6 is 11.6 Å². The standard InChI is InChI=1S/C23H28ClF3N2O4S/c1-13(2)17-11-18(14(3)9-21(17)33-5)15(4)28-22(30)12-29(34(6,31)32)16-7-8-20(24)19(10-16)23(25,26)27/h7-11,13,15H,12H2,1-6H3,(H,28,30)/t15-/m1/s1. The highest BCUT2D eigenvalue weighted by Gasteiger charge is 2.34. The zero-order valence-corrected chi connectivity index (χ0v) is 21.3. The third-order valence-corrected chi connectivity index (χ3v) is 6.79. The van der Waals surface area contributed by atoms with Crippen molar-refractivity contribution in [3.63, 3.8) is 0 Å². The van der Waals surface area contributed by atoms with Crippen molar-refractivity contribution in [2.75, 3.05) is 24.2 Å². The van der Waals surface area contributed by atoms with E-state index in [1.807, 2.05) is 32.9 Å². The lowest BCUT2D eigenvalue weighted by Gasteiger charge is -2.25. The Kier molecular flexibility index (Phi) is 8.53. The van der Waals surface area contributed by atoms with Crippen LogP contribution in [0.2, 0.25) is 5.02 Å². The van der Waals surface area contributed by atoms with Gasteiger partial charge in [0.05, 0.1) is 35.7 Å². The Morgan fingerprint density at radius 3 is 2.26 bits per heavy atom. The van der Waals surface area contributed by atoms with E-state index in [-0.39, 0.29) is 11.6 Å². The van der Waals surface area contributed by atoms with Crippen LogP contribution in [-0.2, 0) is 21.0 Å². The lowest BCUT2D eigenvalue weighted by atomic mass is 9.93. The molecule has 0 fully saturated rings. The van der Waals surface area contributed by atoms with Gasteiger partial charge >= 0.3 is 6.18 Å². The highest BCUT2D eigenvalue weighted by molar-refractivity contribution is 7.92. The minimum atomic E-state index is -4.78. The third-order valence-electron chi connectivity index (χ3n) is 5.32. The molecule has 0 saturated carbocycles. The summed E-state index contributed by atoms with van der Waals surface area (Å²) in [6, 6.07) is 5.98. The summed E-state index contributed by atoms with van der Waals surface area (Å²) in [6.07, 6.45) is -3.97. The van der Waals surface area contributed by atoms with Crippen molar-refractivity contribution in [2.45, 2.75) is 45.8 Å². The summed E-state index contributed by atoms with van der Waals surface area (Å²) >= 11 is 5.64. The van der Waals surface area contributed by atoms with Crippen molar-refractivity contribution < 1.29 is 31.1 Å². The molecule has 0 unspecified atom stereocenters. The normalized spacial score (nSPS) is 13.0. The van der Waals surface area contributed by atoms with Crippen LogP contribution in [0.15, 0.2) is 30.3 Å². The van der Waals surface area contributed by atoms with Crippen LogP contribution < -0.4 is 14.4 Å². The molecular weight excluding hydrogens is 493 g/mol. The monoisotopic (exact) mass is 520 g/mol. The molecule has 0 aliphatic carbocycles. The highest BCUT2D eigenvalue weighted by Crippen LogP contribution is 2.37. The second kappa shape index (κ2) is 10.4. The first kappa shape index (κ1) is 27.8. The maximum atomic E-state index is 13.3. The smallest absolute Gasteiger partial charge is 0.417 e. The number of benzene rings is 2. The van der Waals surface area contributed by atoms with Crippen molar-refractivity contribution >= 4 is 33.2 Å². The predicted molar refractivity (Wildman–Crippen MR) is 127 cm³/mol. The minimum absolute atomic E-state index is 0.158. The first-order chi connectivity index (χ1) is 15.6. The van der Waals surface area contributed by atoms with Gasteiger partial charge in [0.15, 0.2) is 0 Å². The van der Waals surface area contributed by atoms with Gasteiger partial charge in [-0.25, -0.2) is 8.42 Å². The molecule has 1 N–H and O–H groups in total. The lowest BCUT2D eigenvalue weighted by molar-refractivity contribution is -0.137. The van der Waals surface area contributed by atoms with Crippen molar-refractivity contribution in [1.29, 1.82) is 0 Å². The number of carbonyl (C=O) groups excluding carboxylic acids is 1. The van der Waals surface area contributed by atoms with Crippen LogP contribution in [0.1, 0.15) is 55.0 Å². The van der Waals surface area contributed by atoms with Crippen molar-refractivity contribution in [3.8, 4) is 5.75 Å². The molecule has 0 bridgehead atoms. The quantitative estimate of drug-likeness (QED) is 0.502. The molecule has 0 heterocycles. The number of alkyl halides is 3. The summed E-state index contributed by atoms with van der Waals surface area (Å²) in [5.41, 5.74) is 1.12. The second-order valence-corrected chi connectivity index (χ2v) is 10.6. The minimum Gasteiger partial charge on any atom is -0.496 e. The Labute approximate surface area is 203 Å². The second-order valence-electron chi connectivity index (χ2n) is 8.33. The van der Waals surface area contributed by atoms with Gasteiger partial charge in [-0.15, -0.1) is 0 Å². The molecule has 2 rings (SSSR count). The van der Waals surface area contributed by atoms with Crippen LogP contribution in [0.5, 0.6) is 5.75 Å². The Balaban J connectivity index is 2.33. The molecule has 34 heavy (non-hydrogen) atoms. The fourth-order valence-corrected chi connectivity index (χ4v) is 4.66. The van der Waals surface area contributed by atoms with Gasteiger partial charge < -0.3 is 10.1 Å². The maximum absolute atomic E-state index is 13.3. The van der Waals surface area contributed by atoms with Gasteiger partial charge in [0.25, 0.3) is 0 Å². The molecule has 0 aromatic heterocycles. The molecule has 0 radical (unpaired) electrons. The predicted octanol–water partition coefficient (Wildman–Crippen LogP) is 5.44. The largest absolute Gasteiger partial charge is 0.496 e. The van der Waals surface area contributed by atoms with Gasteiger partial charge in [0, 0.05) is 0 Å². The number of ether oxygens (including phenoxy) is 1. The molecule has 6 nitrogen and oxygen atoms in total. The Hall–Kier alpha value is -2.46. The summed E-state index contributed by atoms with van der Waals surface area (Å²) < 4.78 is 70.5. The van der Waals surface area contributed by atoms with Crippen LogP contribution in [0.3, 0.4) is 0 Å². The van der Waals surface area contributed by atoms with Gasteiger partial charge in [-0.3, -0.25) is 9.10 Å². The zero-order chi connectivity index (χ0) is 26.0. The summed E-state index contributed by atoms with van der Waals surface area (Å²) in [6.45, 7) is 6.91. The Bertz CT molecular complexity index is 1170. The Morgan fingerprint density at radius 2 is 1.76 bits per heavy atom. The van der Waals surface area contributed by atoms with Crippen molar-refractivity contribution in [3.05, 3.63) is 57.6 Å². The first-order valence-electron chi connectivity index (χ1n) is 10.4. The van der Waals surface area contributed by atoms with Crippen LogP contribution in [-0.4, -0.2) is 34.2 Å². The highest BCUT2D eigenvalue weighted by atomic mass is 35.5. The SMILES string of the molecule is COc1cc(C)c([C@@H](C)NC(=O)CN(c2ccc(Cl)c(C(F)(F)F)c2)S(C)(=O)=O)cc1C(C)C. The number of anilines is 1. The number of nitrogens with zero attached hydrogens (tertiary/aromatic N) is 1. The van der Waals surface area contributed by atoms with Crippen LogP contribution in [0.4, 0.5) is 18.9 Å². The molecule has 188 valence electrons. The van der Waals surface area contributed by atoms with E-state index in [4.69, 9.17) is 16.3 Å². The fourth-order valence-electron chi connectivity index (χ4n) is 3.59. The number of rotatable bonds is 8. The Morgan fingerprint density at radius 1 is 1.15 bits per heavy atom. The summed E-state index contributed by atoms with van der Waals surface area (Å²) in [5, 5.41) is 2.16. The number of carbonyl (C=O) groups is 1. The molecular formula is C23H28ClF3N2O4S. The molecule has 1 atom stereocenters. The van der Waals surface area contributed by atoms with Crippen LogP contribution in [0.25, 0.3) is 0 Å². The fraction of sp³-hybridized carbons (Fsp3) is 0.435. The van der Waals surface area contributed by atoms with E-state index in [1.54, 1.807) is 14.0 Å². The number of halogens is 4. The summed E-state index contributed by atoms with van der Waals surface area (Å²) in [7, 11) is -2.50. The molecule has 0 spiro atoms. The summed E-state index contributed by atoms with van der Waals surface area (Å²) in [4.78, 5) is 12.8. The average Bonchev–Trinajstić information content (AvgIpc) is 2.70. The molecule has 0 aliphatic heterocycles. The van der Waals surface area contributed by atoms with E-state index in [1.165, 1.54) is 0 Å². The van der Waals surface area contributed by atoms with Crippen LogP contribution in [0, 0.1) is 6.92 Å². The lowest BCUT2D eigenvalue weighted by Crippen LogP contribution is -2.41. The molecule has 1 amide bonds. The van der Waals surface area contributed by atoms with Gasteiger partial charge in [-0.05, 0) is 66.8 Å². The van der Waals surface area contributed by atoms with Gasteiger partial charge in [0.1, 0.15) is 12.3 Å². The average molecular weight is 521 g/mol. The maximum Gasteiger partial charge on any atom is 0.417 e. The topological polar surface area (TPSA) is 75.7 Å². The number of methoxy groups -OCH3 is 1. The van der Waals surface area contributed by atoms with Gasteiger partial charge in [0.2, 0.25) is 15.9 Å². The van der Waals surface area contributed by atoms with E-state index in [2.05, 4.69) is 5.32 Å². The van der Waals surface area contributed by atoms with Crippen molar-refractivity contribution in [1.82, 2.24) is 5.32 Å². The molecule has 2 aromatic rings. The van der Waals surface area contributed by atoms with E-state index >= 15 is 0 Å². The number of hydrogen-bond acceptors (Lipinski definition) is 4. The molecule has 0 saturated heterocycles. The van der Waals surface area contributed by atoms with Crippen molar-refractivity contribution in [2.24, 2.45) is 0 Å². The number of amides is 1. The number of sulfonamides is 1. The van der Waals surface area contributed by atoms with E-state index in [9.17, 15) is 26.4 Å². The van der Waals surface area contributed by atoms with E-state index < -0.39 is 45.3 Å². The third kappa shape index (κ3) is 6.56. The summed E-state index contributed by atoms with van der Waals surface area (Å²) in [5.74, 6) is 0.203.